The minimum absolute atomic E-state index is 0.0781. The zero-order valence-electron chi connectivity index (χ0n) is 32.1. The Morgan fingerprint density at radius 1 is 0.725 bits per heavy atom. The molecule has 0 saturated carbocycles. The maximum atomic E-state index is 12.7. The number of aromatic nitrogens is 6. The first-order valence-corrected chi connectivity index (χ1v) is 18.3. The first-order chi connectivity index (χ1) is 23.9. The molecular formula is C37H54ClN9O4. The zero-order valence-corrected chi connectivity index (χ0v) is 32.8. The summed E-state index contributed by atoms with van der Waals surface area (Å²) in [7, 11) is 1.89. The summed E-state index contributed by atoms with van der Waals surface area (Å²) in [4.78, 5) is 38.1. The van der Waals surface area contributed by atoms with Gasteiger partial charge in [0.15, 0.2) is 11.3 Å². The van der Waals surface area contributed by atoms with Crippen molar-refractivity contribution in [1.82, 2.24) is 39.0 Å². The summed E-state index contributed by atoms with van der Waals surface area (Å²) >= 11 is 6.42. The minimum Gasteiger partial charge on any atom is -0.444 e. The number of ether oxygens (including phenoxy) is 2. The van der Waals surface area contributed by atoms with E-state index in [1.165, 1.54) is 0 Å². The first kappa shape index (κ1) is 38.1. The van der Waals surface area contributed by atoms with Gasteiger partial charge in [-0.25, -0.2) is 24.1 Å². The average molecular weight is 724 g/mol. The van der Waals surface area contributed by atoms with Crippen molar-refractivity contribution >= 4 is 40.9 Å². The Kier molecular flexibility index (Phi) is 11.1. The van der Waals surface area contributed by atoms with Crippen LogP contribution in [-0.2, 0) is 9.47 Å². The van der Waals surface area contributed by atoms with E-state index in [2.05, 4.69) is 20.4 Å². The van der Waals surface area contributed by atoms with Crippen molar-refractivity contribution in [3.63, 3.8) is 0 Å². The molecule has 4 aromatic rings. The number of carbonyl (C=O) groups excluding carboxylic acids is 2. The van der Waals surface area contributed by atoms with Gasteiger partial charge in [0, 0.05) is 54.8 Å². The van der Waals surface area contributed by atoms with Crippen molar-refractivity contribution in [3.05, 3.63) is 51.2 Å². The van der Waals surface area contributed by atoms with Gasteiger partial charge >= 0.3 is 12.2 Å². The van der Waals surface area contributed by atoms with E-state index in [1.54, 1.807) is 9.42 Å². The second kappa shape index (κ2) is 14.8. The second-order valence-corrected chi connectivity index (χ2v) is 15.9. The van der Waals surface area contributed by atoms with Crippen molar-refractivity contribution in [2.24, 2.45) is 0 Å². The van der Waals surface area contributed by atoms with Crippen LogP contribution in [0.15, 0.2) is 12.1 Å². The highest BCUT2D eigenvalue weighted by atomic mass is 35.5. The molecule has 6 rings (SSSR count). The predicted molar refractivity (Wildman–Crippen MR) is 199 cm³/mol. The fourth-order valence-electron chi connectivity index (χ4n) is 6.57. The number of likely N-dealkylation sites (tertiary alicyclic amines) is 2. The third-order valence-electron chi connectivity index (χ3n) is 9.31. The fraction of sp³-hybridized carbons (Fsp3) is 0.622. The normalized spacial score (nSPS) is 18.4. The molecule has 2 saturated heterocycles. The van der Waals surface area contributed by atoms with Gasteiger partial charge in [-0.2, -0.15) is 14.7 Å². The summed E-state index contributed by atoms with van der Waals surface area (Å²) in [5, 5.41) is 13.2. The van der Waals surface area contributed by atoms with Crippen LogP contribution in [0.4, 0.5) is 15.4 Å². The molecule has 0 radical (unpaired) electrons. The lowest BCUT2D eigenvalue weighted by atomic mass is 10.00. The number of hydrogen-bond donors (Lipinski definition) is 1. The minimum atomic E-state index is -0.517. The van der Waals surface area contributed by atoms with E-state index in [1.807, 2.05) is 97.8 Å². The molecule has 6 heterocycles. The number of anilines is 1. The number of rotatable bonds is 3. The predicted octanol–water partition coefficient (Wildman–Crippen LogP) is 8.31. The van der Waals surface area contributed by atoms with E-state index in [9.17, 15) is 9.59 Å². The van der Waals surface area contributed by atoms with E-state index < -0.39 is 11.2 Å². The van der Waals surface area contributed by atoms with Gasteiger partial charge in [0.2, 0.25) is 0 Å². The average Bonchev–Trinajstić information content (AvgIpc) is 3.67. The van der Waals surface area contributed by atoms with Crippen molar-refractivity contribution in [2.45, 2.75) is 131 Å². The molecular weight excluding hydrogens is 670 g/mol. The van der Waals surface area contributed by atoms with E-state index in [4.69, 9.17) is 26.2 Å². The van der Waals surface area contributed by atoms with Gasteiger partial charge in [-0.3, -0.25) is 9.80 Å². The molecule has 2 amide bonds. The third-order valence-corrected chi connectivity index (χ3v) is 9.76. The Labute approximate surface area is 306 Å². The Morgan fingerprint density at radius 2 is 1.16 bits per heavy atom. The molecule has 4 aromatic heterocycles. The van der Waals surface area contributed by atoms with Crippen LogP contribution in [0.3, 0.4) is 0 Å². The van der Waals surface area contributed by atoms with Gasteiger partial charge in [-0.05, 0) is 108 Å². The monoisotopic (exact) mass is 723 g/mol. The number of aryl methyl sites for hydroxylation is 2. The lowest BCUT2D eigenvalue weighted by Gasteiger charge is -2.35. The number of nitrogens with zero attached hydrogens (tertiary/aromatic N) is 8. The van der Waals surface area contributed by atoms with Crippen molar-refractivity contribution in [3.8, 4) is 0 Å². The number of amides is 2. The van der Waals surface area contributed by atoms with Crippen LogP contribution >= 0.6 is 11.6 Å². The van der Waals surface area contributed by atoms with Gasteiger partial charge in [-0.1, -0.05) is 11.6 Å². The number of nitrogens with one attached hydrogen (secondary N) is 1. The molecule has 1 N–H and O–H groups in total. The van der Waals surface area contributed by atoms with Gasteiger partial charge < -0.3 is 14.8 Å². The van der Waals surface area contributed by atoms with Crippen molar-refractivity contribution < 1.29 is 19.1 Å². The Bertz CT molecular complexity index is 1910. The lowest BCUT2D eigenvalue weighted by Crippen LogP contribution is -2.42. The molecule has 278 valence electrons. The van der Waals surface area contributed by atoms with Gasteiger partial charge in [-0.15, -0.1) is 0 Å². The molecule has 13 nitrogen and oxygen atoms in total. The molecule has 0 unspecified atom stereocenters. The second-order valence-electron chi connectivity index (χ2n) is 15.6. The van der Waals surface area contributed by atoms with E-state index in [0.29, 0.717) is 23.9 Å². The number of piperidine rings is 2. The van der Waals surface area contributed by atoms with Crippen LogP contribution in [-0.4, -0.2) is 82.5 Å². The SMILES string of the molecule is CNc1c(C)c(C)nc2cc([C@@H]3CCCCN3C(=O)OC(C)(C)C)nn12.Cc1nc2cc([C@@H]3CCCCN3C(=O)OC(C)(C)C)nn2c(Cl)c1C. The summed E-state index contributed by atoms with van der Waals surface area (Å²) in [5.74, 6) is 0.929. The highest BCUT2D eigenvalue weighted by Gasteiger charge is 2.35. The van der Waals surface area contributed by atoms with Gasteiger partial charge in [0.25, 0.3) is 0 Å². The summed E-state index contributed by atoms with van der Waals surface area (Å²) in [6.07, 6.45) is 5.27. The highest BCUT2D eigenvalue weighted by Crippen LogP contribution is 2.34. The Hall–Kier alpha value is -4.13. The van der Waals surface area contributed by atoms with Gasteiger partial charge in [0.1, 0.15) is 22.2 Å². The summed E-state index contributed by atoms with van der Waals surface area (Å²) in [6.45, 7) is 20.6. The highest BCUT2D eigenvalue weighted by molar-refractivity contribution is 6.30. The van der Waals surface area contributed by atoms with Gasteiger partial charge in [0.05, 0.1) is 23.5 Å². The summed E-state index contributed by atoms with van der Waals surface area (Å²) in [5.41, 5.74) is 6.00. The van der Waals surface area contributed by atoms with E-state index in [-0.39, 0.29) is 24.3 Å². The molecule has 2 fully saturated rings. The fourth-order valence-corrected chi connectivity index (χ4v) is 6.83. The maximum Gasteiger partial charge on any atom is 0.410 e. The zero-order chi connectivity index (χ0) is 37.4. The van der Waals surface area contributed by atoms with Crippen molar-refractivity contribution in [1.29, 1.82) is 0 Å². The number of carbonyl (C=O) groups is 2. The molecule has 0 aliphatic carbocycles. The van der Waals surface area contributed by atoms with Crippen LogP contribution < -0.4 is 5.32 Å². The maximum absolute atomic E-state index is 12.7. The summed E-state index contributed by atoms with van der Waals surface area (Å²) < 4.78 is 14.7. The molecule has 14 heteroatoms. The summed E-state index contributed by atoms with van der Waals surface area (Å²) in [6, 6.07) is 3.72. The standard InChI is InChI=1S/C19H29N5O2.C18H25ClN4O2/c1-12-13(2)21-16-11-14(22-24(16)17(12)20-6)15-9-7-8-10-23(15)18(25)26-19(3,4)5;1-11-12(2)20-15-10-13(21-23(15)16(11)19)14-8-6-7-9-22(14)17(24)25-18(3,4)5/h11,15,20H,7-10H2,1-6H3;10,14H,6-9H2,1-5H3/t15-;14-/m00/s1. The topological polar surface area (TPSA) is 131 Å². The number of halogens is 1. The van der Waals surface area contributed by atoms with E-state index >= 15 is 0 Å². The molecule has 2 aliphatic rings. The molecule has 0 aromatic carbocycles. The van der Waals surface area contributed by atoms with Crippen molar-refractivity contribution in [2.75, 3.05) is 25.5 Å². The Balaban J connectivity index is 0.000000198. The van der Waals surface area contributed by atoms with Crippen LogP contribution in [0.2, 0.25) is 5.15 Å². The number of hydrogen-bond acceptors (Lipinski definition) is 9. The molecule has 0 bridgehead atoms. The van der Waals surface area contributed by atoms with E-state index in [0.717, 1.165) is 83.9 Å². The third kappa shape index (κ3) is 8.51. The van der Waals surface area contributed by atoms with Crippen LogP contribution in [0.25, 0.3) is 11.3 Å². The smallest absolute Gasteiger partial charge is 0.410 e. The quantitative estimate of drug-likeness (QED) is 0.207. The first-order valence-electron chi connectivity index (χ1n) is 17.9. The molecule has 2 aliphatic heterocycles. The number of fused-ring (bicyclic) bond motifs is 2. The molecule has 51 heavy (non-hydrogen) atoms. The van der Waals surface area contributed by atoms with Crippen LogP contribution in [0.1, 0.15) is 126 Å². The molecule has 0 spiro atoms. The van der Waals surface area contributed by atoms with Crippen LogP contribution in [0.5, 0.6) is 0 Å². The lowest BCUT2D eigenvalue weighted by molar-refractivity contribution is 0.00800. The van der Waals surface area contributed by atoms with Crippen LogP contribution in [0, 0.1) is 27.7 Å². The molecule has 2 atom stereocenters. The Morgan fingerprint density at radius 3 is 1.61 bits per heavy atom. The largest absolute Gasteiger partial charge is 0.444 e.